The molecule has 0 saturated carbocycles. The van der Waals surface area contributed by atoms with E-state index in [1.807, 2.05) is 0 Å². The second kappa shape index (κ2) is 1630. The Hall–Kier alpha value is -0.280. The first-order valence-electron chi connectivity index (χ1n) is 0.775. The monoisotopic (exact) mass is 116 g/mol. The fraction of sp³-hybridized carbons (Fsp3) is 0. The smallest absolute Gasteiger partial charge is 0.219 e. The number of hydrogen-bond acceptors (Lipinski definition) is 7. The minimum Gasteiger partial charge on any atom is -0.344 e. The van der Waals surface area contributed by atoms with Crippen LogP contribution in [0.5, 0.6) is 0 Å². The Morgan fingerprint density at radius 3 is 0.571 bits per heavy atom. The van der Waals surface area contributed by atoms with Crippen molar-refractivity contribution >= 4 is 0 Å². The van der Waals surface area contributed by atoms with Gasteiger partial charge in [-0.1, -0.05) is 0 Å². The number of nitrogens with two attached hydrogens (primary N) is 3. The molecule has 0 bridgehead atoms. The number of rotatable bonds is 0. The highest BCUT2D eigenvalue weighted by molar-refractivity contribution is 2.78. The average Bonchev–Trinajstić information content (AvgIpc) is 1.81. The first-order valence-corrected chi connectivity index (χ1v) is 0.775. The number of hydrogen-bond donors (Lipinski definition) is 7. The van der Waals surface area contributed by atoms with E-state index in [1.54, 1.807) is 0 Å². The van der Waals surface area contributed by atoms with E-state index in [1.165, 1.54) is 0 Å². The summed E-state index contributed by atoms with van der Waals surface area (Å²) in [5.41, 5.74) is 0. The van der Waals surface area contributed by atoms with Crippen molar-refractivity contribution < 1.29 is 15.6 Å². The summed E-state index contributed by atoms with van der Waals surface area (Å²) in [6, 6.07) is 0. The standard InChI is InChI=1S/3H3NO.H3N/c3*1-2;/h3*2H,1H2;1H3. The van der Waals surface area contributed by atoms with Crippen molar-refractivity contribution in [3.63, 3.8) is 0 Å². The zero-order valence-corrected chi connectivity index (χ0v) is 3.78. The topological polar surface area (TPSA) is 174 Å². The van der Waals surface area contributed by atoms with Crippen molar-refractivity contribution in [2.45, 2.75) is 0 Å². The normalized spacial score (nSPS) is 2.57. The van der Waals surface area contributed by atoms with Gasteiger partial charge in [-0.05, 0) is 0 Å². The van der Waals surface area contributed by atoms with Gasteiger partial charge in [-0.15, -0.1) is 0 Å². The maximum absolute atomic E-state index is 6.50. The van der Waals surface area contributed by atoms with Crippen LogP contribution in [0.2, 0.25) is 0 Å². The van der Waals surface area contributed by atoms with Crippen LogP contribution >= 0.6 is 0 Å². The summed E-state index contributed by atoms with van der Waals surface area (Å²) in [6.45, 7) is 0. The molecule has 0 aromatic heterocycles. The van der Waals surface area contributed by atoms with E-state index in [0.717, 1.165) is 0 Å². The second-order valence-electron chi connectivity index (χ2n) is 0. The van der Waals surface area contributed by atoms with Gasteiger partial charge < -0.3 is 21.8 Å². The summed E-state index contributed by atoms with van der Waals surface area (Å²) in [6.07, 6.45) is 0. The molecule has 0 spiro atoms. The van der Waals surface area contributed by atoms with E-state index in [0.29, 0.717) is 0 Å². The van der Waals surface area contributed by atoms with Crippen molar-refractivity contribution in [1.82, 2.24) is 6.15 Å². The first kappa shape index (κ1) is 29.7. The van der Waals surface area contributed by atoms with Crippen molar-refractivity contribution in [3.05, 3.63) is 0 Å². The lowest BCUT2D eigenvalue weighted by atomic mass is 13.6. The summed E-state index contributed by atoms with van der Waals surface area (Å²) in [7, 11) is 0. The van der Waals surface area contributed by atoms with Gasteiger partial charge >= 0.3 is 0 Å². The Labute approximate surface area is 40.8 Å². The molecule has 0 amide bonds. The van der Waals surface area contributed by atoms with Gasteiger partial charge in [0.1, 0.15) is 0 Å². The molecule has 0 unspecified atom stereocenters. The third kappa shape index (κ3) is 1010. The van der Waals surface area contributed by atoms with Crippen LogP contribution in [0.15, 0.2) is 0 Å². The lowest BCUT2D eigenvalue weighted by molar-refractivity contribution is 0.311. The molecule has 7 heteroatoms. The van der Waals surface area contributed by atoms with Gasteiger partial charge in [-0.25, -0.2) is 17.7 Å². The minimum absolute atomic E-state index is 0. The fourth-order valence-corrected chi connectivity index (χ4v) is 0. The first-order chi connectivity index (χ1) is 3.00. The molecule has 0 radical (unpaired) electrons. The van der Waals surface area contributed by atoms with Gasteiger partial charge in [0.2, 0.25) is 0 Å². The summed E-state index contributed by atoms with van der Waals surface area (Å²) >= 11 is 0. The molecule has 7 heavy (non-hydrogen) atoms. The zero-order chi connectivity index (χ0) is 6.00. The summed E-state index contributed by atoms with van der Waals surface area (Å²) in [4.78, 5) is 0. The van der Waals surface area contributed by atoms with Crippen molar-refractivity contribution in [1.29, 1.82) is 0 Å². The quantitative estimate of drug-likeness (QED) is 0.182. The SMILES string of the molecule is N.NO.NO.NO. The molecule has 0 fully saturated rings. The molecule has 0 rings (SSSR count). The predicted octanol–water partition coefficient (Wildman–Crippen LogP) is -1.84. The van der Waals surface area contributed by atoms with Crippen LogP contribution in [0.25, 0.3) is 0 Å². The maximum atomic E-state index is 6.50. The van der Waals surface area contributed by atoms with E-state index in [4.69, 9.17) is 15.6 Å². The van der Waals surface area contributed by atoms with Gasteiger partial charge in [-0.2, -0.15) is 0 Å². The Balaban J connectivity index is -0.00000000900. The zero-order valence-electron chi connectivity index (χ0n) is 3.78. The van der Waals surface area contributed by atoms with Crippen LogP contribution in [-0.4, -0.2) is 15.6 Å². The Bertz CT molecular complexity index is 6.90. The third-order valence-corrected chi connectivity index (χ3v) is 0. The van der Waals surface area contributed by atoms with Crippen LogP contribution < -0.4 is 23.8 Å². The van der Waals surface area contributed by atoms with E-state index in [-0.39, 0.29) is 6.15 Å². The van der Waals surface area contributed by atoms with Crippen LogP contribution in [0.1, 0.15) is 0 Å². The Morgan fingerprint density at radius 1 is 0.571 bits per heavy atom. The van der Waals surface area contributed by atoms with E-state index in [9.17, 15) is 0 Å². The third-order valence-electron chi connectivity index (χ3n) is 0. The van der Waals surface area contributed by atoms with Gasteiger partial charge in [-0.3, -0.25) is 0 Å². The molecular weight excluding hydrogens is 104 g/mol. The van der Waals surface area contributed by atoms with Crippen LogP contribution in [0, 0.1) is 0 Å². The van der Waals surface area contributed by atoms with Crippen molar-refractivity contribution in [2.75, 3.05) is 0 Å². The summed E-state index contributed by atoms with van der Waals surface area (Å²) < 4.78 is 0. The molecule has 0 aliphatic heterocycles. The van der Waals surface area contributed by atoms with Gasteiger partial charge in [0.05, 0.1) is 0 Å². The van der Waals surface area contributed by atoms with Crippen molar-refractivity contribution in [2.24, 2.45) is 17.7 Å². The predicted molar refractivity (Wildman–Crippen MR) is 22.9 cm³/mol. The molecule has 0 aromatic carbocycles. The maximum Gasteiger partial charge on any atom is -0.219 e. The lowest BCUT2D eigenvalue weighted by Crippen LogP contribution is -1.72. The molecule has 0 aliphatic rings. The fourth-order valence-electron chi connectivity index (χ4n) is 0. The highest BCUT2D eigenvalue weighted by atomic mass is 16.4. The molecule has 12 N–H and O–H groups in total. The molecule has 0 aromatic rings. The van der Waals surface area contributed by atoms with E-state index >= 15 is 0 Å². The second-order valence-corrected chi connectivity index (χ2v) is 0. The molecule has 0 saturated heterocycles. The average molecular weight is 116 g/mol. The van der Waals surface area contributed by atoms with Crippen LogP contribution in [0.3, 0.4) is 0 Å². The highest BCUT2D eigenvalue weighted by Gasteiger charge is 0.736. The molecule has 50 valence electrons. The Kier molecular flexibility index (Phi) is 6900. The van der Waals surface area contributed by atoms with Crippen LogP contribution in [0.4, 0.5) is 0 Å². The molecule has 0 heterocycles. The minimum atomic E-state index is 0. The molecular formula is H12N4O3. The Morgan fingerprint density at radius 2 is 0.571 bits per heavy atom. The van der Waals surface area contributed by atoms with Crippen LogP contribution in [-0.2, 0) is 0 Å². The van der Waals surface area contributed by atoms with Crippen molar-refractivity contribution in [3.8, 4) is 0 Å². The van der Waals surface area contributed by atoms with E-state index < -0.39 is 0 Å². The molecule has 0 atom stereocenters. The van der Waals surface area contributed by atoms with Gasteiger partial charge in [0.25, 0.3) is 0 Å². The molecule has 7 nitrogen and oxygen atoms in total. The highest BCUT2D eigenvalue weighted by Crippen LogP contribution is 0.414. The summed E-state index contributed by atoms with van der Waals surface area (Å²) in [5, 5.41) is 19.5. The van der Waals surface area contributed by atoms with E-state index in [2.05, 4.69) is 17.7 Å². The molecule has 0 aliphatic carbocycles. The largest absolute Gasteiger partial charge is 0.344 e. The lowest BCUT2D eigenvalue weighted by Gasteiger charge is -1.27. The van der Waals surface area contributed by atoms with Gasteiger partial charge in [0, 0.05) is 0 Å². The van der Waals surface area contributed by atoms with Gasteiger partial charge in [0.15, 0.2) is 0 Å². The summed E-state index contributed by atoms with van der Waals surface area (Å²) in [5.74, 6) is 10.5.